The number of rotatable bonds is 8. The van der Waals surface area contributed by atoms with Crippen LogP contribution in [0.5, 0.6) is 0 Å². The third kappa shape index (κ3) is 4.18. The van der Waals surface area contributed by atoms with Crippen molar-refractivity contribution in [2.45, 2.75) is 17.2 Å². The van der Waals surface area contributed by atoms with Crippen LogP contribution in [-0.4, -0.2) is 53.3 Å². The first-order valence-corrected chi connectivity index (χ1v) is 9.91. The minimum absolute atomic E-state index is 0.136. The van der Waals surface area contributed by atoms with Gasteiger partial charge in [-0.25, -0.2) is 0 Å². The normalized spacial score (nSPS) is 15.7. The zero-order valence-electron chi connectivity index (χ0n) is 12.8. The zero-order valence-corrected chi connectivity index (χ0v) is 14.6. The van der Waals surface area contributed by atoms with Gasteiger partial charge in [0.2, 0.25) is 5.91 Å². The van der Waals surface area contributed by atoms with Gasteiger partial charge in [-0.2, -0.15) is 0 Å². The lowest BCUT2D eigenvalue weighted by Crippen LogP contribution is -2.41. The summed E-state index contributed by atoms with van der Waals surface area (Å²) >= 11 is 0. The van der Waals surface area contributed by atoms with E-state index in [-0.39, 0.29) is 5.56 Å². The molecule has 144 valence electrons. The fourth-order valence-corrected chi connectivity index (χ4v) is 4.38. The summed E-state index contributed by atoms with van der Waals surface area (Å²) in [7, 11) is -11.2. The highest BCUT2D eigenvalue weighted by Crippen LogP contribution is 2.62. The number of aliphatic carboxylic acids is 2. The Balaban J connectivity index is 3.71. The van der Waals surface area contributed by atoms with E-state index in [9.17, 15) is 38.4 Å². The van der Waals surface area contributed by atoms with E-state index in [1.165, 1.54) is 0 Å². The molecular weight excluding hydrogens is 396 g/mol. The maximum Gasteiger partial charge on any atom is 0.347 e. The number of benzene rings is 1. The predicted molar refractivity (Wildman–Crippen MR) is 84.4 cm³/mol. The van der Waals surface area contributed by atoms with Crippen molar-refractivity contribution in [2.75, 3.05) is 0 Å². The largest absolute Gasteiger partial charge is 0.481 e. The molecule has 12 nitrogen and oxygen atoms in total. The van der Waals surface area contributed by atoms with Gasteiger partial charge in [0.05, 0.1) is 0 Å². The SMILES string of the molecule is NC(=O)c1ccc(C(CC(C(=O)O)P(=O)(O)O)(C(=O)O)P(=O)(O)O)cc1. The van der Waals surface area contributed by atoms with Crippen molar-refractivity contribution in [2.24, 2.45) is 5.73 Å². The lowest BCUT2D eigenvalue weighted by atomic mass is 9.92. The number of carboxylic acid groups (broad SMARTS) is 2. The summed E-state index contributed by atoms with van der Waals surface area (Å²) < 4.78 is 23.4. The van der Waals surface area contributed by atoms with Gasteiger partial charge in [0.1, 0.15) is 0 Å². The van der Waals surface area contributed by atoms with Gasteiger partial charge in [-0.1, -0.05) is 12.1 Å². The molecule has 26 heavy (non-hydrogen) atoms. The fraction of sp³-hybridized carbons (Fsp3) is 0.250. The first kappa shape index (κ1) is 22.0. The Morgan fingerprint density at radius 2 is 1.46 bits per heavy atom. The molecule has 14 heteroatoms. The van der Waals surface area contributed by atoms with Crippen molar-refractivity contribution in [3.63, 3.8) is 0 Å². The highest BCUT2D eigenvalue weighted by molar-refractivity contribution is 7.55. The molecule has 1 amide bonds. The second-order valence-corrected chi connectivity index (χ2v) is 8.95. The second-order valence-electron chi connectivity index (χ2n) is 5.30. The molecule has 0 fully saturated rings. The molecule has 1 rings (SSSR count). The molecule has 2 atom stereocenters. The molecule has 0 aliphatic carbocycles. The predicted octanol–water partition coefficient (Wildman–Crippen LogP) is -0.736. The number of hydrogen-bond donors (Lipinski definition) is 7. The van der Waals surface area contributed by atoms with Crippen LogP contribution in [0.4, 0.5) is 0 Å². The third-order valence-electron chi connectivity index (χ3n) is 3.68. The molecule has 1 aromatic carbocycles. The van der Waals surface area contributed by atoms with E-state index in [1.807, 2.05) is 0 Å². The lowest BCUT2D eigenvalue weighted by Gasteiger charge is -2.32. The van der Waals surface area contributed by atoms with Crippen molar-refractivity contribution >= 4 is 33.0 Å². The second kappa shape index (κ2) is 7.28. The summed E-state index contributed by atoms with van der Waals surface area (Å²) in [5.74, 6) is -5.25. The van der Waals surface area contributed by atoms with Gasteiger partial charge >= 0.3 is 27.1 Å². The molecule has 0 radical (unpaired) electrons. The Labute approximate surface area is 145 Å². The Kier molecular flexibility index (Phi) is 6.15. The number of nitrogens with two attached hydrogens (primary N) is 1. The number of amides is 1. The maximum atomic E-state index is 12.0. The first-order chi connectivity index (χ1) is 11.6. The molecular formula is C12H15NO11P2. The molecule has 2 unspecified atom stereocenters. The number of carbonyl (C=O) groups is 3. The summed E-state index contributed by atoms with van der Waals surface area (Å²) in [6.45, 7) is 0. The van der Waals surface area contributed by atoms with Crippen LogP contribution >= 0.6 is 15.2 Å². The molecule has 1 aromatic rings. The van der Waals surface area contributed by atoms with Crippen LogP contribution in [0.15, 0.2) is 24.3 Å². The van der Waals surface area contributed by atoms with Crippen LogP contribution < -0.4 is 5.73 Å². The molecule has 0 aromatic heterocycles. The van der Waals surface area contributed by atoms with Crippen LogP contribution in [0, 0.1) is 0 Å². The Morgan fingerprint density at radius 1 is 1.00 bits per heavy atom. The van der Waals surface area contributed by atoms with Gasteiger partial charge in [0.25, 0.3) is 0 Å². The third-order valence-corrected chi connectivity index (χ3v) is 6.52. The van der Waals surface area contributed by atoms with Crippen molar-refractivity contribution < 1.29 is 53.3 Å². The summed E-state index contributed by atoms with van der Waals surface area (Å²) in [6, 6.07) is 3.51. The lowest BCUT2D eigenvalue weighted by molar-refractivity contribution is -0.142. The molecule has 0 spiro atoms. The summed E-state index contributed by atoms with van der Waals surface area (Å²) in [6.07, 6.45) is -1.60. The quantitative estimate of drug-likeness (QED) is 0.263. The highest BCUT2D eigenvalue weighted by atomic mass is 31.2. The molecule has 0 aliphatic rings. The van der Waals surface area contributed by atoms with E-state index in [0.717, 1.165) is 24.3 Å². The minimum Gasteiger partial charge on any atom is -0.481 e. The number of carbonyl (C=O) groups excluding carboxylic acids is 1. The zero-order chi connectivity index (χ0) is 20.5. The average Bonchev–Trinajstić information content (AvgIpc) is 2.44. The van der Waals surface area contributed by atoms with Crippen molar-refractivity contribution in [1.82, 2.24) is 0 Å². The van der Waals surface area contributed by atoms with E-state index < -0.39 is 55.8 Å². The van der Waals surface area contributed by atoms with E-state index in [2.05, 4.69) is 0 Å². The first-order valence-electron chi connectivity index (χ1n) is 6.62. The maximum absolute atomic E-state index is 12.0. The Morgan fingerprint density at radius 3 is 1.73 bits per heavy atom. The van der Waals surface area contributed by atoms with Gasteiger partial charge in [-0.15, -0.1) is 0 Å². The van der Waals surface area contributed by atoms with E-state index in [0.29, 0.717) is 0 Å². The van der Waals surface area contributed by atoms with Crippen LogP contribution in [-0.2, 0) is 23.9 Å². The summed E-state index contributed by atoms with van der Waals surface area (Å²) in [5.41, 5.74) is 1.53. The number of hydrogen-bond acceptors (Lipinski definition) is 5. The van der Waals surface area contributed by atoms with Gasteiger partial charge in [0.15, 0.2) is 10.8 Å². The van der Waals surface area contributed by atoms with Crippen molar-refractivity contribution in [1.29, 1.82) is 0 Å². The van der Waals surface area contributed by atoms with E-state index >= 15 is 0 Å². The monoisotopic (exact) mass is 411 g/mol. The van der Waals surface area contributed by atoms with Gasteiger partial charge in [-0.3, -0.25) is 23.5 Å². The number of carboxylic acids is 2. The van der Waals surface area contributed by atoms with Gasteiger partial charge in [-0.05, 0) is 17.7 Å². The fourth-order valence-electron chi connectivity index (χ4n) is 2.28. The molecule has 0 heterocycles. The highest BCUT2D eigenvalue weighted by Gasteiger charge is 2.59. The van der Waals surface area contributed by atoms with E-state index in [1.54, 1.807) is 0 Å². The minimum atomic E-state index is -5.71. The molecule has 0 saturated carbocycles. The van der Waals surface area contributed by atoms with Crippen LogP contribution in [0.1, 0.15) is 22.3 Å². The van der Waals surface area contributed by atoms with E-state index in [4.69, 9.17) is 20.6 Å². The van der Waals surface area contributed by atoms with Crippen molar-refractivity contribution in [3.8, 4) is 0 Å². The molecule has 0 bridgehead atoms. The Bertz CT molecular complexity index is 824. The summed E-state index contributed by atoms with van der Waals surface area (Å²) in [5, 5.41) is 15.2. The molecule has 0 saturated heterocycles. The summed E-state index contributed by atoms with van der Waals surface area (Å²) in [4.78, 5) is 71.5. The smallest absolute Gasteiger partial charge is 0.347 e. The topological polar surface area (TPSA) is 233 Å². The van der Waals surface area contributed by atoms with Crippen LogP contribution in [0.25, 0.3) is 0 Å². The van der Waals surface area contributed by atoms with Gasteiger partial charge in [0, 0.05) is 12.0 Å². The average molecular weight is 411 g/mol. The number of primary amides is 1. The standard InChI is InChI=1S/C12H15NO11P2/c13-9(14)6-1-3-7(4-2-6)12(11(17)18,26(22,23)24)5-8(10(15)16)25(19,20)21/h1-4,8H,5H2,(H2,13,14)(H,15,16)(H,17,18)(H2,19,20,21)(H2,22,23,24). The molecule has 8 N–H and O–H groups in total. The Hall–Kier alpha value is -2.07. The van der Waals surface area contributed by atoms with Crippen LogP contribution in [0.3, 0.4) is 0 Å². The molecule has 0 aliphatic heterocycles. The van der Waals surface area contributed by atoms with Crippen molar-refractivity contribution in [3.05, 3.63) is 35.4 Å². The van der Waals surface area contributed by atoms with Gasteiger partial charge < -0.3 is 35.5 Å². The van der Waals surface area contributed by atoms with Crippen LogP contribution in [0.2, 0.25) is 0 Å².